The van der Waals surface area contributed by atoms with E-state index in [0.717, 1.165) is 25.7 Å². The van der Waals surface area contributed by atoms with E-state index in [9.17, 15) is 17.6 Å². The van der Waals surface area contributed by atoms with Crippen molar-refractivity contribution in [2.75, 3.05) is 44.7 Å². The maximum Gasteiger partial charge on any atom is 0.255 e. The molecule has 0 bridgehead atoms. The fraction of sp³-hybridized carbons (Fsp3) is 0.350. The summed E-state index contributed by atoms with van der Waals surface area (Å²) in [5.74, 6) is -1.39. The number of nitrogens with zero attached hydrogens (tertiary/aromatic N) is 1. The van der Waals surface area contributed by atoms with Crippen LogP contribution < -0.4 is 10.0 Å². The molecule has 0 atom stereocenters. The molecule has 0 spiro atoms. The standard InChI is InChI=1S/C20H23ClFN3O4S/c21-16-4-1-3-15(13-16)20(26)24-19-6-5-17(14-18(19)22)30(27,28)23-7-2-8-25-9-11-29-12-10-25/h1,3-6,13-14,23H,2,7-12H2,(H,24,26). The molecule has 1 fully saturated rings. The third kappa shape index (κ3) is 6.23. The molecule has 1 saturated heterocycles. The van der Waals surface area contributed by atoms with Gasteiger partial charge in [0, 0.05) is 30.2 Å². The van der Waals surface area contributed by atoms with Gasteiger partial charge in [0.25, 0.3) is 5.91 Å². The second-order valence-corrected chi connectivity index (χ2v) is 9.01. The molecule has 162 valence electrons. The second-order valence-electron chi connectivity index (χ2n) is 6.81. The smallest absolute Gasteiger partial charge is 0.255 e. The van der Waals surface area contributed by atoms with Gasteiger partial charge in [-0.1, -0.05) is 17.7 Å². The Morgan fingerprint density at radius 1 is 1.17 bits per heavy atom. The number of halogens is 2. The van der Waals surface area contributed by atoms with Crippen LogP contribution in [0.5, 0.6) is 0 Å². The zero-order valence-electron chi connectivity index (χ0n) is 16.2. The zero-order valence-corrected chi connectivity index (χ0v) is 17.8. The first-order chi connectivity index (χ1) is 14.3. The maximum absolute atomic E-state index is 14.4. The number of sulfonamides is 1. The van der Waals surface area contributed by atoms with Gasteiger partial charge in [-0.3, -0.25) is 9.69 Å². The lowest BCUT2D eigenvalue weighted by atomic mass is 10.2. The third-order valence-electron chi connectivity index (χ3n) is 4.63. The van der Waals surface area contributed by atoms with Gasteiger partial charge < -0.3 is 10.1 Å². The number of carbonyl (C=O) groups excluding carboxylic acids is 1. The van der Waals surface area contributed by atoms with Crippen molar-refractivity contribution in [1.82, 2.24) is 9.62 Å². The summed E-state index contributed by atoms with van der Waals surface area (Å²) >= 11 is 5.85. The summed E-state index contributed by atoms with van der Waals surface area (Å²) in [6.07, 6.45) is 0.634. The number of hydrogen-bond acceptors (Lipinski definition) is 5. The second kappa shape index (κ2) is 10.3. The van der Waals surface area contributed by atoms with E-state index in [1.165, 1.54) is 18.2 Å². The lowest BCUT2D eigenvalue weighted by Gasteiger charge is -2.26. The number of rotatable bonds is 8. The van der Waals surface area contributed by atoms with Gasteiger partial charge in [0.15, 0.2) is 0 Å². The van der Waals surface area contributed by atoms with Gasteiger partial charge in [-0.05, 0) is 49.4 Å². The number of benzene rings is 2. The molecule has 1 aliphatic heterocycles. The normalized spacial score (nSPS) is 15.1. The van der Waals surface area contributed by atoms with Crippen LogP contribution in [0.15, 0.2) is 47.4 Å². The highest BCUT2D eigenvalue weighted by Crippen LogP contribution is 2.20. The van der Waals surface area contributed by atoms with Crippen LogP contribution in [0.3, 0.4) is 0 Å². The minimum Gasteiger partial charge on any atom is -0.379 e. The number of amides is 1. The minimum atomic E-state index is -3.85. The molecule has 2 aromatic rings. The average molecular weight is 456 g/mol. The predicted molar refractivity (Wildman–Crippen MR) is 113 cm³/mol. The number of carbonyl (C=O) groups is 1. The van der Waals surface area contributed by atoms with Gasteiger partial charge >= 0.3 is 0 Å². The van der Waals surface area contributed by atoms with Crippen molar-refractivity contribution in [3.05, 3.63) is 58.9 Å². The highest BCUT2D eigenvalue weighted by atomic mass is 35.5. The van der Waals surface area contributed by atoms with Crippen molar-refractivity contribution in [2.45, 2.75) is 11.3 Å². The van der Waals surface area contributed by atoms with E-state index in [1.54, 1.807) is 18.2 Å². The maximum atomic E-state index is 14.4. The topological polar surface area (TPSA) is 87.7 Å². The molecule has 0 unspecified atom stereocenters. The van der Waals surface area contributed by atoms with Crippen molar-refractivity contribution < 1.29 is 22.3 Å². The number of hydrogen-bond donors (Lipinski definition) is 2. The van der Waals surface area contributed by atoms with Crippen LogP contribution in [0.1, 0.15) is 16.8 Å². The number of anilines is 1. The molecule has 0 aromatic heterocycles. The van der Waals surface area contributed by atoms with Crippen LogP contribution in [0.25, 0.3) is 0 Å². The van der Waals surface area contributed by atoms with Crippen LogP contribution in [-0.4, -0.2) is 58.6 Å². The zero-order chi connectivity index (χ0) is 21.6. The highest BCUT2D eigenvalue weighted by molar-refractivity contribution is 7.89. The molecule has 1 heterocycles. The highest BCUT2D eigenvalue weighted by Gasteiger charge is 2.18. The quantitative estimate of drug-likeness (QED) is 0.597. The van der Waals surface area contributed by atoms with E-state index in [4.69, 9.17) is 16.3 Å². The summed E-state index contributed by atoms with van der Waals surface area (Å²) in [5, 5.41) is 2.80. The van der Waals surface area contributed by atoms with Crippen molar-refractivity contribution in [3.8, 4) is 0 Å². The predicted octanol–water partition coefficient (Wildman–Crippen LogP) is 2.73. The van der Waals surface area contributed by atoms with Crippen molar-refractivity contribution >= 4 is 33.2 Å². The van der Waals surface area contributed by atoms with Crippen LogP contribution in [0, 0.1) is 5.82 Å². The Balaban J connectivity index is 1.57. The molecule has 0 saturated carbocycles. The first-order valence-electron chi connectivity index (χ1n) is 9.51. The summed E-state index contributed by atoms with van der Waals surface area (Å²) in [6.45, 7) is 4.04. The molecular formula is C20H23ClFN3O4S. The Hall–Kier alpha value is -2.04. The van der Waals surface area contributed by atoms with Gasteiger partial charge in [0.2, 0.25) is 10.0 Å². The van der Waals surface area contributed by atoms with Gasteiger partial charge in [-0.15, -0.1) is 0 Å². The molecule has 2 aromatic carbocycles. The van der Waals surface area contributed by atoms with Crippen molar-refractivity contribution in [1.29, 1.82) is 0 Å². The van der Waals surface area contributed by atoms with Gasteiger partial charge in [0.1, 0.15) is 5.82 Å². The van der Waals surface area contributed by atoms with E-state index >= 15 is 0 Å². The molecule has 1 amide bonds. The Labute approximate surface area is 180 Å². The molecule has 3 rings (SSSR count). The van der Waals surface area contributed by atoms with Crippen LogP contribution >= 0.6 is 11.6 Å². The number of morpholine rings is 1. The average Bonchev–Trinajstić information content (AvgIpc) is 2.73. The molecule has 2 N–H and O–H groups in total. The van der Waals surface area contributed by atoms with E-state index in [-0.39, 0.29) is 22.7 Å². The number of nitrogens with one attached hydrogen (secondary N) is 2. The number of ether oxygens (including phenoxy) is 1. The Bertz CT molecular complexity index is 997. The van der Waals surface area contributed by atoms with Gasteiger partial charge in [-0.2, -0.15) is 0 Å². The molecule has 0 radical (unpaired) electrons. The molecule has 10 heteroatoms. The fourth-order valence-corrected chi connectivity index (χ4v) is 4.28. The van der Waals surface area contributed by atoms with Crippen LogP contribution in [0.2, 0.25) is 5.02 Å². The molecular weight excluding hydrogens is 433 g/mol. The molecule has 0 aliphatic carbocycles. The summed E-state index contributed by atoms with van der Waals surface area (Å²) in [5.41, 5.74) is 0.145. The summed E-state index contributed by atoms with van der Waals surface area (Å²) in [4.78, 5) is 14.2. The fourth-order valence-electron chi connectivity index (χ4n) is 3.01. The van der Waals surface area contributed by atoms with Crippen molar-refractivity contribution in [2.24, 2.45) is 0 Å². The lowest BCUT2D eigenvalue weighted by Crippen LogP contribution is -2.38. The van der Waals surface area contributed by atoms with E-state index in [1.807, 2.05) is 0 Å². The summed E-state index contributed by atoms with van der Waals surface area (Å²) in [7, 11) is -3.85. The monoisotopic (exact) mass is 455 g/mol. The molecule has 1 aliphatic rings. The summed E-state index contributed by atoms with van der Waals surface area (Å²) < 4.78 is 47.0. The largest absolute Gasteiger partial charge is 0.379 e. The van der Waals surface area contributed by atoms with Crippen LogP contribution in [0.4, 0.5) is 10.1 Å². The Morgan fingerprint density at radius 3 is 2.63 bits per heavy atom. The molecule has 30 heavy (non-hydrogen) atoms. The molecule has 7 nitrogen and oxygen atoms in total. The minimum absolute atomic E-state index is 0.119. The van der Waals surface area contributed by atoms with Crippen molar-refractivity contribution in [3.63, 3.8) is 0 Å². The van der Waals surface area contributed by atoms with Crippen LogP contribution in [-0.2, 0) is 14.8 Å². The summed E-state index contributed by atoms with van der Waals surface area (Å²) in [6, 6.07) is 9.58. The van der Waals surface area contributed by atoms with E-state index in [2.05, 4.69) is 14.9 Å². The first-order valence-corrected chi connectivity index (χ1v) is 11.4. The van der Waals surface area contributed by atoms with E-state index < -0.39 is 21.7 Å². The Morgan fingerprint density at radius 2 is 1.93 bits per heavy atom. The first kappa shape index (κ1) is 22.6. The SMILES string of the molecule is O=C(Nc1ccc(S(=O)(=O)NCCCN2CCOCC2)cc1F)c1cccc(Cl)c1. The Kier molecular flexibility index (Phi) is 7.79. The third-order valence-corrected chi connectivity index (χ3v) is 6.33. The van der Waals surface area contributed by atoms with Gasteiger partial charge in [-0.25, -0.2) is 17.5 Å². The lowest BCUT2D eigenvalue weighted by molar-refractivity contribution is 0.0376. The van der Waals surface area contributed by atoms with Gasteiger partial charge in [0.05, 0.1) is 23.8 Å². The van der Waals surface area contributed by atoms with E-state index in [0.29, 0.717) is 24.7 Å².